The third-order valence-electron chi connectivity index (χ3n) is 3.36. The summed E-state index contributed by atoms with van der Waals surface area (Å²) in [4.78, 5) is 22.6. The molecular weight excluding hydrogens is 256 g/mol. The topological polar surface area (TPSA) is 72.2 Å². The van der Waals surface area contributed by atoms with Crippen LogP contribution in [0.4, 0.5) is 5.69 Å². The Morgan fingerprint density at radius 1 is 1.40 bits per heavy atom. The van der Waals surface area contributed by atoms with Crippen molar-refractivity contribution in [3.05, 3.63) is 39.4 Å². The van der Waals surface area contributed by atoms with E-state index in [1.54, 1.807) is 19.1 Å². The first kappa shape index (κ1) is 16.1. The number of nitrogens with zero attached hydrogens (tertiary/aromatic N) is 1. The second-order valence-electron chi connectivity index (χ2n) is 5.08. The SMILES string of the molecule is CCCCCC(C)NC(=O)c1cccc([N+](=O)[O-])c1C. The van der Waals surface area contributed by atoms with Crippen LogP contribution in [-0.2, 0) is 0 Å². The van der Waals surface area contributed by atoms with Crippen molar-refractivity contribution in [3.63, 3.8) is 0 Å². The van der Waals surface area contributed by atoms with Crippen molar-refractivity contribution in [2.24, 2.45) is 0 Å². The summed E-state index contributed by atoms with van der Waals surface area (Å²) in [6.07, 6.45) is 4.29. The van der Waals surface area contributed by atoms with Crippen molar-refractivity contribution >= 4 is 11.6 Å². The third kappa shape index (κ3) is 4.33. The first-order chi connectivity index (χ1) is 9.47. The molecule has 0 aliphatic carbocycles. The minimum Gasteiger partial charge on any atom is -0.350 e. The lowest BCUT2D eigenvalue weighted by Crippen LogP contribution is -2.33. The molecule has 5 nitrogen and oxygen atoms in total. The molecule has 1 amide bonds. The summed E-state index contributed by atoms with van der Waals surface area (Å²) < 4.78 is 0. The lowest BCUT2D eigenvalue weighted by molar-refractivity contribution is -0.385. The molecule has 0 aliphatic heterocycles. The summed E-state index contributed by atoms with van der Waals surface area (Å²) in [6, 6.07) is 4.65. The predicted molar refractivity (Wildman–Crippen MR) is 78.9 cm³/mol. The van der Waals surface area contributed by atoms with Gasteiger partial charge in [-0.3, -0.25) is 14.9 Å². The minimum atomic E-state index is -0.462. The number of hydrogen-bond donors (Lipinski definition) is 1. The normalized spacial score (nSPS) is 11.9. The fourth-order valence-corrected chi connectivity index (χ4v) is 2.14. The number of nitro groups is 1. The summed E-state index contributed by atoms with van der Waals surface area (Å²) in [5.74, 6) is -0.241. The van der Waals surface area contributed by atoms with Crippen LogP contribution < -0.4 is 5.32 Å². The van der Waals surface area contributed by atoms with E-state index in [1.165, 1.54) is 6.07 Å². The predicted octanol–water partition coefficient (Wildman–Crippen LogP) is 3.60. The van der Waals surface area contributed by atoms with Crippen molar-refractivity contribution in [1.29, 1.82) is 0 Å². The highest BCUT2D eigenvalue weighted by Gasteiger charge is 2.18. The summed E-state index contributed by atoms with van der Waals surface area (Å²) >= 11 is 0. The average molecular weight is 278 g/mol. The molecule has 1 N–H and O–H groups in total. The van der Waals surface area contributed by atoms with E-state index in [2.05, 4.69) is 12.2 Å². The molecule has 0 spiro atoms. The third-order valence-corrected chi connectivity index (χ3v) is 3.36. The number of unbranched alkanes of at least 4 members (excludes halogenated alkanes) is 2. The molecule has 5 heteroatoms. The van der Waals surface area contributed by atoms with Crippen molar-refractivity contribution < 1.29 is 9.72 Å². The molecule has 0 fully saturated rings. The van der Waals surface area contributed by atoms with Gasteiger partial charge in [-0.1, -0.05) is 32.3 Å². The van der Waals surface area contributed by atoms with E-state index < -0.39 is 4.92 Å². The van der Waals surface area contributed by atoms with Crippen molar-refractivity contribution in [1.82, 2.24) is 5.32 Å². The zero-order valence-corrected chi connectivity index (χ0v) is 12.3. The van der Waals surface area contributed by atoms with Gasteiger partial charge in [-0.05, 0) is 26.3 Å². The van der Waals surface area contributed by atoms with Crippen molar-refractivity contribution in [2.75, 3.05) is 0 Å². The molecule has 0 aliphatic rings. The maximum absolute atomic E-state index is 12.1. The standard InChI is InChI=1S/C15H22N2O3/c1-4-5-6-8-11(2)16-15(18)13-9-7-10-14(12(13)3)17(19)20/h7,9-11H,4-6,8H2,1-3H3,(H,16,18). The molecule has 0 radical (unpaired) electrons. The average Bonchev–Trinajstić information content (AvgIpc) is 2.38. The number of nitro benzene ring substituents is 1. The molecule has 1 atom stereocenters. The van der Waals surface area contributed by atoms with Crippen LogP contribution >= 0.6 is 0 Å². The molecule has 20 heavy (non-hydrogen) atoms. The molecule has 1 rings (SSSR count). The van der Waals surface area contributed by atoms with Gasteiger partial charge in [0.25, 0.3) is 11.6 Å². The lowest BCUT2D eigenvalue weighted by Gasteiger charge is -2.14. The fourth-order valence-electron chi connectivity index (χ4n) is 2.14. The molecular formula is C15H22N2O3. The molecule has 0 saturated carbocycles. The molecule has 0 bridgehead atoms. The first-order valence-electron chi connectivity index (χ1n) is 7.02. The molecule has 0 heterocycles. The Morgan fingerprint density at radius 3 is 2.70 bits per heavy atom. The first-order valence-corrected chi connectivity index (χ1v) is 7.02. The number of hydrogen-bond acceptors (Lipinski definition) is 3. The van der Waals surface area contributed by atoms with Gasteiger partial charge in [0.15, 0.2) is 0 Å². The second-order valence-corrected chi connectivity index (χ2v) is 5.08. The molecule has 1 unspecified atom stereocenters. The van der Waals surface area contributed by atoms with Gasteiger partial charge in [0.05, 0.1) is 4.92 Å². The zero-order chi connectivity index (χ0) is 15.1. The van der Waals surface area contributed by atoms with Gasteiger partial charge < -0.3 is 5.32 Å². The highest BCUT2D eigenvalue weighted by molar-refractivity contribution is 5.96. The Bertz CT molecular complexity index is 486. The zero-order valence-electron chi connectivity index (χ0n) is 12.3. The van der Waals surface area contributed by atoms with Crippen LogP contribution in [-0.4, -0.2) is 16.9 Å². The van der Waals surface area contributed by atoms with Gasteiger partial charge in [-0.15, -0.1) is 0 Å². The summed E-state index contributed by atoms with van der Waals surface area (Å²) in [5, 5.41) is 13.8. The van der Waals surface area contributed by atoms with Crippen LogP contribution in [0.15, 0.2) is 18.2 Å². The Balaban J connectivity index is 2.73. The number of amides is 1. The smallest absolute Gasteiger partial charge is 0.273 e. The quantitative estimate of drug-likeness (QED) is 0.470. The Hall–Kier alpha value is -1.91. The maximum Gasteiger partial charge on any atom is 0.273 e. The number of rotatable bonds is 7. The number of carbonyl (C=O) groups excluding carboxylic acids is 1. The van der Waals surface area contributed by atoms with Crippen molar-refractivity contribution in [2.45, 2.75) is 52.5 Å². The Morgan fingerprint density at radius 2 is 2.10 bits per heavy atom. The van der Waals surface area contributed by atoms with E-state index in [9.17, 15) is 14.9 Å². The Kier molecular flexibility index (Phi) is 6.15. The second kappa shape index (κ2) is 7.62. The maximum atomic E-state index is 12.1. The molecule has 0 saturated heterocycles. The van der Waals surface area contributed by atoms with Crippen LogP contribution in [0, 0.1) is 17.0 Å². The summed E-state index contributed by atoms with van der Waals surface area (Å²) in [5.41, 5.74) is 0.772. The van der Waals surface area contributed by atoms with Gasteiger partial charge in [-0.25, -0.2) is 0 Å². The molecule has 110 valence electrons. The monoisotopic (exact) mass is 278 g/mol. The van der Waals surface area contributed by atoms with Crippen LogP contribution in [0.5, 0.6) is 0 Å². The van der Waals surface area contributed by atoms with E-state index in [0.717, 1.165) is 25.7 Å². The van der Waals surface area contributed by atoms with E-state index in [-0.39, 0.29) is 17.6 Å². The van der Waals surface area contributed by atoms with Crippen LogP contribution in [0.3, 0.4) is 0 Å². The van der Waals surface area contributed by atoms with Crippen LogP contribution in [0.1, 0.15) is 55.5 Å². The fraction of sp³-hybridized carbons (Fsp3) is 0.533. The highest BCUT2D eigenvalue weighted by Crippen LogP contribution is 2.21. The summed E-state index contributed by atoms with van der Waals surface area (Å²) in [6.45, 7) is 5.70. The molecule has 1 aromatic carbocycles. The largest absolute Gasteiger partial charge is 0.350 e. The van der Waals surface area contributed by atoms with Gasteiger partial charge in [0, 0.05) is 23.2 Å². The number of nitrogens with one attached hydrogen (secondary N) is 1. The number of benzene rings is 1. The minimum absolute atomic E-state index is 0.0173. The van der Waals surface area contributed by atoms with E-state index in [0.29, 0.717) is 11.1 Å². The van der Waals surface area contributed by atoms with Crippen molar-refractivity contribution in [3.8, 4) is 0 Å². The van der Waals surface area contributed by atoms with Gasteiger partial charge >= 0.3 is 0 Å². The van der Waals surface area contributed by atoms with E-state index in [1.807, 2.05) is 6.92 Å². The van der Waals surface area contributed by atoms with Gasteiger partial charge in [0.1, 0.15) is 0 Å². The van der Waals surface area contributed by atoms with Gasteiger partial charge in [0.2, 0.25) is 0 Å². The number of carbonyl (C=O) groups is 1. The molecule has 0 aromatic heterocycles. The van der Waals surface area contributed by atoms with Crippen LogP contribution in [0.25, 0.3) is 0 Å². The van der Waals surface area contributed by atoms with Gasteiger partial charge in [-0.2, -0.15) is 0 Å². The van der Waals surface area contributed by atoms with E-state index >= 15 is 0 Å². The Labute approximate surface area is 119 Å². The molecule has 1 aromatic rings. The lowest BCUT2D eigenvalue weighted by atomic mass is 10.0. The van der Waals surface area contributed by atoms with Crippen LogP contribution in [0.2, 0.25) is 0 Å². The summed E-state index contributed by atoms with van der Waals surface area (Å²) in [7, 11) is 0. The van der Waals surface area contributed by atoms with E-state index in [4.69, 9.17) is 0 Å². The highest BCUT2D eigenvalue weighted by atomic mass is 16.6.